The molecule has 0 saturated carbocycles. The maximum Gasteiger partial charge on any atom is 0.254 e. The molecule has 6 nitrogen and oxygen atoms in total. The lowest BCUT2D eigenvalue weighted by Gasteiger charge is -2.32. The molecular formula is C17H21N3O3. The number of hydrogen-bond acceptors (Lipinski definition) is 3. The molecule has 0 bridgehead atoms. The largest absolute Gasteiger partial charge is 0.359 e. The van der Waals surface area contributed by atoms with Crippen molar-refractivity contribution < 1.29 is 14.4 Å². The fraction of sp³-hybridized carbons (Fsp3) is 0.471. The lowest BCUT2D eigenvalue weighted by molar-refractivity contribution is -0.136. The van der Waals surface area contributed by atoms with Gasteiger partial charge >= 0.3 is 0 Å². The number of carbonyl (C=O) groups excluding carboxylic acids is 3. The van der Waals surface area contributed by atoms with E-state index in [1.54, 1.807) is 22.9 Å². The number of amides is 3. The highest BCUT2D eigenvalue weighted by atomic mass is 16.2. The first-order valence-electron chi connectivity index (χ1n) is 7.96. The van der Waals surface area contributed by atoms with Crippen LogP contribution in [0.25, 0.3) is 0 Å². The van der Waals surface area contributed by atoms with E-state index in [1.165, 1.54) is 0 Å². The van der Waals surface area contributed by atoms with E-state index in [0.29, 0.717) is 25.2 Å². The van der Waals surface area contributed by atoms with E-state index < -0.39 is 0 Å². The minimum Gasteiger partial charge on any atom is -0.359 e. The van der Waals surface area contributed by atoms with Crippen molar-refractivity contribution in [1.29, 1.82) is 0 Å². The van der Waals surface area contributed by atoms with Gasteiger partial charge in [0, 0.05) is 32.2 Å². The number of carbonyl (C=O) groups is 3. The van der Waals surface area contributed by atoms with E-state index in [4.69, 9.17) is 0 Å². The molecule has 1 fully saturated rings. The minimum absolute atomic E-state index is 0.0212. The van der Waals surface area contributed by atoms with Crippen molar-refractivity contribution in [2.75, 3.05) is 26.7 Å². The standard InChI is InChI=1S/C17H21N3O3/c1-18-16(22)13-6-4-8-19(10-13)15(21)11-20-9-12-5-2-3-7-14(12)17(20)23/h2-3,5,7,13H,4,6,8-11H2,1H3,(H,18,22). The fourth-order valence-corrected chi connectivity index (χ4v) is 3.33. The van der Waals surface area contributed by atoms with Gasteiger partial charge in [-0.25, -0.2) is 0 Å². The van der Waals surface area contributed by atoms with Gasteiger partial charge in [-0.15, -0.1) is 0 Å². The zero-order valence-electron chi connectivity index (χ0n) is 13.2. The monoisotopic (exact) mass is 315 g/mol. The topological polar surface area (TPSA) is 69.7 Å². The Bertz CT molecular complexity index is 644. The smallest absolute Gasteiger partial charge is 0.254 e. The number of rotatable bonds is 3. The summed E-state index contributed by atoms with van der Waals surface area (Å²) < 4.78 is 0. The molecule has 1 unspecified atom stereocenters. The highest BCUT2D eigenvalue weighted by Crippen LogP contribution is 2.23. The van der Waals surface area contributed by atoms with Crippen LogP contribution < -0.4 is 5.32 Å². The Morgan fingerprint density at radius 3 is 2.83 bits per heavy atom. The molecule has 1 N–H and O–H groups in total. The quantitative estimate of drug-likeness (QED) is 0.889. The lowest BCUT2D eigenvalue weighted by atomic mass is 9.97. The van der Waals surface area contributed by atoms with Crippen molar-refractivity contribution in [2.24, 2.45) is 5.92 Å². The Hall–Kier alpha value is -2.37. The molecule has 23 heavy (non-hydrogen) atoms. The molecule has 3 rings (SSSR count). The van der Waals surface area contributed by atoms with Crippen molar-refractivity contribution >= 4 is 17.7 Å². The van der Waals surface area contributed by atoms with Crippen LogP contribution in [0.3, 0.4) is 0 Å². The molecule has 6 heteroatoms. The highest BCUT2D eigenvalue weighted by molar-refractivity contribution is 6.00. The lowest BCUT2D eigenvalue weighted by Crippen LogP contribution is -2.48. The van der Waals surface area contributed by atoms with Gasteiger partial charge in [-0.05, 0) is 24.5 Å². The molecule has 0 spiro atoms. The number of hydrogen-bond donors (Lipinski definition) is 1. The maximum atomic E-state index is 12.5. The third-order valence-electron chi connectivity index (χ3n) is 4.61. The SMILES string of the molecule is CNC(=O)C1CCCN(C(=O)CN2Cc3ccccc3C2=O)C1. The summed E-state index contributed by atoms with van der Waals surface area (Å²) in [6.07, 6.45) is 1.62. The third-order valence-corrected chi connectivity index (χ3v) is 4.61. The zero-order valence-corrected chi connectivity index (χ0v) is 13.2. The van der Waals surface area contributed by atoms with Crippen LogP contribution in [0, 0.1) is 5.92 Å². The first kappa shape index (κ1) is 15.5. The molecule has 122 valence electrons. The molecule has 0 aromatic heterocycles. The van der Waals surface area contributed by atoms with Crippen molar-refractivity contribution in [3.05, 3.63) is 35.4 Å². The summed E-state index contributed by atoms with van der Waals surface area (Å²) in [5.41, 5.74) is 1.65. The summed E-state index contributed by atoms with van der Waals surface area (Å²) in [4.78, 5) is 39.9. The summed E-state index contributed by atoms with van der Waals surface area (Å²) in [7, 11) is 1.61. The van der Waals surface area contributed by atoms with E-state index >= 15 is 0 Å². The first-order valence-corrected chi connectivity index (χ1v) is 7.96. The van der Waals surface area contributed by atoms with E-state index in [2.05, 4.69) is 5.32 Å². The molecule has 2 aliphatic heterocycles. The maximum absolute atomic E-state index is 12.5. The zero-order chi connectivity index (χ0) is 16.4. The Balaban J connectivity index is 1.62. The van der Waals surface area contributed by atoms with E-state index in [0.717, 1.165) is 18.4 Å². The van der Waals surface area contributed by atoms with Gasteiger partial charge in [0.15, 0.2) is 0 Å². The van der Waals surface area contributed by atoms with E-state index in [9.17, 15) is 14.4 Å². The second-order valence-electron chi connectivity index (χ2n) is 6.11. The predicted octanol–water partition coefficient (Wildman–Crippen LogP) is 0.627. The Morgan fingerprint density at radius 2 is 2.09 bits per heavy atom. The van der Waals surface area contributed by atoms with Crippen LogP contribution in [-0.4, -0.2) is 54.2 Å². The van der Waals surface area contributed by atoms with Gasteiger partial charge in [-0.1, -0.05) is 18.2 Å². The normalized spacial score (nSPS) is 20.4. The molecular weight excluding hydrogens is 294 g/mol. The minimum atomic E-state index is -0.149. The summed E-state index contributed by atoms with van der Waals surface area (Å²) in [5.74, 6) is -0.343. The summed E-state index contributed by atoms with van der Waals surface area (Å²) in [6, 6.07) is 7.45. The van der Waals surface area contributed by atoms with Crippen LogP contribution in [0.2, 0.25) is 0 Å². The number of benzene rings is 1. The van der Waals surface area contributed by atoms with E-state index in [-0.39, 0.29) is 30.2 Å². The summed E-state index contributed by atoms with van der Waals surface area (Å²) in [5, 5.41) is 2.64. The molecule has 0 aliphatic carbocycles. The summed E-state index contributed by atoms with van der Waals surface area (Å²) in [6.45, 7) is 1.65. The molecule has 2 aliphatic rings. The van der Waals surface area contributed by atoms with Crippen LogP contribution >= 0.6 is 0 Å². The first-order chi connectivity index (χ1) is 11.1. The Labute approximate surface area is 135 Å². The van der Waals surface area contributed by atoms with Gasteiger partial charge in [0.2, 0.25) is 11.8 Å². The molecule has 3 amide bonds. The number of likely N-dealkylation sites (tertiary alicyclic amines) is 1. The van der Waals surface area contributed by atoms with Crippen molar-refractivity contribution in [3.63, 3.8) is 0 Å². The van der Waals surface area contributed by atoms with Gasteiger partial charge in [0.25, 0.3) is 5.91 Å². The van der Waals surface area contributed by atoms with Crippen molar-refractivity contribution in [1.82, 2.24) is 15.1 Å². The molecule has 0 radical (unpaired) electrons. The van der Waals surface area contributed by atoms with Crippen molar-refractivity contribution in [3.8, 4) is 0 Å². The third kappa shape index (κ3) is 3.06. The number of nitrogens with one attached hydrogen (secondary N) is 1. The number of nitrogens with zero attached hydrogens (tertiary/aromatic N) is 2. The second kappa shape index (κ2) is 6.40. The van der Waals surface area contributed by atoms with Crippen LogP contribution in [0.4, 0.5) is 0 Å². The molecule has 1 saturated heterocycles. The average molecular weight is 315 g/mol. The predicted molar refractivity (Wildman–Crippen MR) is 84.6 cm³/mol. The molecule has 2 heterocycles. The van der Waals surface area contributed by atoms with Gasteiger partial charge in [0.05, 0.1) is 5.92 Å². The molecule has 1 atom stereocenters. The highest BCUT2D eigenvalue weighted by Gasteiger charge is 2.32. The Morgan fingerprint density at radius 1 is 1.30 bits per heavy atom. The van der Waals surface area contributed by atoms with E-state index in [1.807, 2.05) is 18.2 Å². The van der Waals surface area contributed by atoms with Gasteiger partial charge in [0.1, 0.15) is 6.54 Å². The van der Waals surface area contributed by atoms with Gasteiger partial charge in [-0.3, -0.25) is 14.4 Å². The number of piperidine rings is 1. The Kier molecular flexibility index (Phi) is 4.32. The van der Waals surface area contributed by atoms with Crippen molar-refractivity contribution in [2.45, 2.75) is 19.4 Å². The van der Waals surface area contributed by atoms with Gasteiger partial charge < -0.3 is 15.1 Å². The van der Waals surface area contributed by atoms with Gasteiger partial charge in [-0.2, -0.15) is 0 Å². The average Bonchev–Trinajstić information content (AvgIpc) is 2.90. The van der Waals surface area contributed by atoms with Crippen LogP contribution in [0.5, 0.6) is 0 Å². The van der Waals surface area contributed by atoms with Crippen LogP contribution in [0.15, 0.2) is 24.3 Å². The summed E-state index contributed by atoms with van der Waals surface area (Å²) >= 11 is 0. The fourth-order valence-electron chi connectivity index (χ4n) is 3.33. The molecule has 1 aromatic carbocycles. The van der Waals surface area contributed by atoms with Crippen LogP contribution in [-0.2, 0) is 16.1 Å². The van der Waals surface area contributed by atoms with Crippen LogP contribution in [0.1, 0.15) is 28.8 Å². The molecule has 1 aromatic rings. The number of fused-ring (bicyclic) bond motifs is 1. The second-order valence-corrected chi connectivity index (χ2v) is 6.11.